The molecule has 2 fully saturated rings. The summed E-state index contributed by atoms with van der Waals surface area (Å²) in [5.41, 5.74) is 3.03. The third kappa shape index (κ3) is 4.16. The van der Waals surface area contributed by atoms with Crippen LogP contribution < -0.4 is 16.1 Å². The fourth-order valence-corrected chi connectivity index (χ4v) is 2.62. The van der Waals surface area contributed by atoms with Gasteiger partial charge in [-0.1, -0.05) is 33.6 Å². The van der Waals surface area contributed by atoms with Gasteiger partial charge in [0.1, 0.15) is 6.17 Å². The molecule has 2 rings (SSSR count). The molecule has 2 unspecified atom stereocenters. The first kappa shape index (κ1) is 14.8. The fourth-order valence-electron chi connectivity index (χ4n) is 2.62. The van der Waals surface area contributed by atoms with Gasteiger partial charge in [0.15, 0.2) is 0 Å². The van der Waals surface area contributed by atoms with E-state index in [-0.39, 0.29) is 29.6 Å². The SMILES string of the molecule is CC(C)(C)[C@@H]1CC(NC(=O)C2CCCCCN2)NO1. The molecule has 0 aromatic rings. The van der Waals surface area contributed by atoms with Crippen LogP contribution in [0.3, 0.4) is 0 Å². The molecule has 5 heteroatoms. The Morgan fingerprint density at radius 2 is 2.05 bits per heavy atom. The Morgan fingerprint density at radius 1 is 1.26 bits per heavy atom. The number of hydrogen-bond acceptors (Lipinski definition) is 4. The van der Waals surface area contributed by atoms with Crippen molar-refractivity contribution in [2.45, 2.75) is 71.2 Å². The molecule has 3 N–H and O–H groups in total. The van der Waals surface area contributed by atoms with E-state index in [0.717, 1.165) is 25.8 Å². The summed E-state index contributed by atoms with van der Waals surface area (Å²) >= 11 is 0. The first-order chi connectivity index (χ1) is 8.97. The van der Waals surface area contributed by atoms with Crippen molar-refractivity contribution in [1.29, 1.82) is 0 Å². The maximum absolute atomic E-state index is 12.2. The molecule has 1 amide bonds. The quantitative estimate of drug-likeness (QED) is 0.707. The lowest BCUT2D eigenvalue weighted by Gasteiger charge is -2.24. The zero-order chi connectivity index (χ0) is 13.9. The molecule has 2 saturated heterocycles. The molecule has 19 heavy (non-hydrogen) atoms. The van der Waals surface area contributed by atoms with E-state index in [2.05, 4.69) is 36.9 Å². The summed E-state index contributed by atoms with van der Waals surface area (Å²) in [4.78, 5) is 17.8. The van der Waals surface area contributed by atoms with Crippen molar-refractivity contribution in [1.82, 2.24) is 16.1 Å². The lowest BCUT2D eigenvalue weighted by Crippen LogP contribution is -2.50. The van der Waals surface area contributed by atoms with Gasteiger partial charge < -0.3 is 10.6 Å². The van der Waals surface area contributed by atoms with Gasteiger partial charge in [0.05, 0.1) is 12.1 Å². The number of amides is 1. The van der Waals surface area contributed by atoms with Crippen molar-refractivity contribution in [3.63, 3.8) is 0 Å². The van der Waals surface area contributed by atoms with E-state index in [1.807, 2.05) is 0 Å². The number of hydroxylamine groups is 1. The summed E-state index contributed by atoms with van der Waals surface area (Å²) in [6, 6.07) is -0.0435. The van der Waals surface area contributed by atoms with Crippen molar-refractivity contribution in [2.75, 3.05) is 6.54 Å². The predicted octanol–water partition coefficient (Wildman–Crippen LogP) is 1.30. The lowest BCUT2D eigenvalue weighted by atomic mass is 9.87. The van der Waals surface area contributed by atoms with E-state index >= 15 is 0 Å². The Hall–Kier alpha value is -0.650. The molecule has 5 nitrogen and oxygen atoms in total. The topological polar surface area (TPSA) is 62.4 Å². The molecule has 0 spiro atoms. The summed E-state index contributed by atoms with van der Waals surface area (Å²) in [6.45, 7) is 7.39. The Balaban J connectivity index is 1.80. The first-order valence-electron chi connectivity index (χ1n) is 7.42. The van der Waals surface area contributed by atoms with E-state index in [1.165, 1.54) is 12.8 Å². The largest absolute Gasteiger partial charge is 0.337 e. The summed E-state index contributed by atoms with van der Waals surface area (Å²) in [5, 5.41) is 6.36. The van der Waals surface area contributed by atoms with Crippen LogP contribution in [0.15, 0.2) is 0 Å². The molecule has 2 heterocycles. The number of carbonyl (C=O) groups excluding carboxylic acids is 1. The lowest BCUT2D eigenvalue weighted by molar-refractivity contribution is -0.124. The summed E-state index contributed by atoms with van der Waals surface area (Å²) in [7, 11) is 0. The number of nitrogens with one attached hydrogen (secondary N) is 3. The molecule has 0 saturated carbocycles. The van der Waals surface area contributed by atoms with E-state index in [0.29, 0.717) is 0 Å². The maximum atomic E-state index is 12.2. The van der Waals surface area contributed by atoms with Crippen molar-refractivity contribution < 1.29 is 9.63 Å². The van der Waals surface area contributed by atoms with Crippen molar-refractivity contribution in [3.05, 3.63) is 0 Å². The van der Waals surface area contributed by atoms with Gasteiger partial charge in [0, 0.05) is 6.42 Å². The second kappa shape index (κ2) is 6.20. The highest BCUT2D eigenvalue weighted by Gasteiger charge is 2.35. The van der Waals surface area contributed by atoms with Crippen LogP contribution in [0.5, 0.6) is 0 Å². The minimum atomic E-state index is -0.0678. The fraction of sp³-hybridized carbons (Fsp3) is 0.929. The van der Waals surface area contributed by atoms with E-state index in [9.17, 15) is 4.79 Å². The van der Waals surface area contributed by atoms with Gasteiger partial charge in [-0.05, 0) is 24.8 Å². The third-order valence-electron chi connectivity index (χ3n) is 3.96. The summed E-state index contributed by atoms with van der Waals surface area (Å²) < 4.78 is 0. The number of rotatable bonds is 2. The van der Waals surface area contributed by atoms with Gasteiger partial charge in [-0.2, -0.15) is 5.48 Å². The zero-order valence-electron chi connectivity index (χ0n) is 12.3. The standard InChI is InChI=1S/C14H27N3O2/c1-14(2,3)11-9-12(17-19-11)16-13(18)10-7-5-4-6-8-15-10/h10-12,15,17H,4-9H2,1-3H3,(H,16,18)/t10?,11-,12?/m0/s1. The molecular weight excluding hydrogens is 242 g/mol. The number of carbonyl (C=O) groups is 1. The van der Waals surface area contributed by atoms with Crippen molar-refractivity contribution >= 4 is 5.91 Å². The second-order valence-electron chi connectivity index (χ2n) is 6.74. The van der Waals surface area contributed by atoms with E-state index in [4.69, 9.17) is 4.84 Å². The minimum absolute atomic E-state index is 0.0435. The summed E-state index contributed by atoms with van der Waals surface area (Å²) in [6.07, 6.45) is 5.34. The van der Waals surface area contributed by atoms with Gasteiger partial charge in [0.2, 0.25) is 5.91 Å². The van der Waals surface area contributed by atoms with E-state index in [1.54, 1.807) is 0 Å². The summed E-state index contributed by atoms with van der Waals surface area (Å²) in [5.74, 6) is 0.0950. The Labute approximate surface area is 115 Å². The van der Waals surface area contributed by atoms with Gasteiger partial charge in [0.25, 0.3) is 0 Å². The highest BCUT2D eigenvalue weighted by Crippen LogP contribution is 2.28. The highest BCUT2D eigenvalue weighted by atomic mass is 16.7. The van der Waals surface area contributed by atoms with Crippen LogP contribution in [0.2, 0.25) is 0 Å². The monoisotopic (exact) mass is 269 g/mol. The first-order valence-corrected chi connectivity index (χ1v) is 7.42. The molecule has 0 aliphatic carbocycles. The Morgan fingerprint density at radius 3 is 2.74 bits per heavy atom. The van der Waals surface area contributed by atoms with Gasteiger partial charge in [-0.15, -0.1) is 0 Å². The van der Waals surface area contributed by atoms with E-state index < -0.39 is 0 Å². The van der Waals surface area contributed by atoms with Crippen molar-refractivity contribution in [3.8, 4) is 0 Å². The molecular formula is C14H27N3O2. The zero-order valence-corrected chi connectivity index (χ0v) is 12.3. The van der Waals surface area contributed by atoms with Crippen LogP contribution in [0, 0.1) is 5.41 Å². The van der Waals surface area contributed by atoms with Crippen molar-refractivity contribution in [2.24, 2.45) is 5.41 Å². The smallest absolute Gasteiger partial charge is 0.238 e. The highest BCUT2D eigenvalue weighted by molar-refractivity contribution is 5.82. The van der Waals surface area contributed by atoms with Gasteiger partial charge >= 0.3 is 0 Å². The minimum Gasteiger partial charge on any atom is -0.337 e. The third-order valence-corrected chi connectivity index (χ3v) is 3.96. The molecule has 0 radical (unpaired) electrons. The normalized spacial score (nSPS) is 32.9. The van der Waals surface area contributed by atoms with Crippen LogP contribution in [0.1, 0.15) is 52.9 Å². The van der Waals surface area contributed by atoms with Gasteiger partial charge in [-0.25, -0.2) is 0 Å². The molecule has 2 aliphatic rings. The van der Waals surface area contributed by atoms with Crippen LogP contribution in [0.4, 0.5) is 0 Å². The molecule has 0 bridgehead atoms. The Kier molecular flexibility index (Phi) is 4.81. The maximum Gasteiger partial charge on any atom is 0.238 e. The molecule has 110 valence electrons. The average molecular weight is 269 g/mol. The molecule has 3 atom stereocenters. The second-order valence-corrected chi connectivity index (χ2v) is 6.74. The molecule has 0 aromatic heterocycles. The average Bonchev–Trinajstić information content (AvgIpc) is 2.63. The van der Waals surface area contributed by atoms with Crippen LogP contribution in [0.25, 0.3) is 0 Å². The van der Waals surface area contributed by atoms with Crippen LogP contribution in [-0.4, -0.2) is 30.8 Å². The van der Waals surface area contributed by atoms with Crippen LogP contribution in [-0.2, 0) is 9.63 Å². The Bertz CT molecular complexity index is 306. The van der Waals surface area contributed by atoms with Gasteiger partial charge in [-0.3, -0.25) is 9.63 Å². The van der Waals surface area contributed by atoms with Crippen LogP contribution >= 0.6 is 0 Å². The molecule has 0 aromatic carbocycles. The predicted molar refractivity (Wildman–Crippen MR) is 74.3 cm³/mol. The number of hydrogen-bond donors (Lipinski definition) is 3. The molecule has 2 aliphatic heterocycles.